The molecule has 0 aliphatic carbocycles. The first-order chi connectivity index (χ1) is 6.29. The van der Waals surface area contributed by atoms with Crippen molar-refractivity contribution in [3.05, 3.63) is 11.4 Å². The van der Waals surface area contributed by atoms with Crippen LogP contribution in [0.5, 0.6) is 0 Å². The van der Waals surface area contributed by atoms with E-state index >= 15 is 0 Å². The normalized spacial score (nSPS) is 9.92. The minimum atomic E-state index is 0.157. The van der Waals surface area contributed by atoms with E-state index in [1.54, 1.807) is 4.68 Å². The van der Waals surface area contributed by atoms with Gasteiger partial charge in [-0.3, -0.25) is 0 Å². The Morgan fingerprint density at radius 3 is 3.00 bits per heavy atom. The maximum Gasteiger partial charge on any atom is 0.130 e. The van der Waals surface area contributed by atoms with Gasteiger partial charge >= 0.3 is 0 Å². The number of hydrogen-bond acceptors (Lipinski definition) is 4. The lowest BCUT2D eigenvalue weighted by Crippen LogP contribution is -2.01. The number of aryl methyl sites for hydroxylation is 1. The van der Waals surface area contributed by atoms with E-state index in [-0.39, 0.29) is 13.2 Å². The summed E-state index contributed by atoms with van der Waals surface area (Å²) in [6.45, 7) is 2.27. The molecule has 0 aliphatic rings. The summed E-state index contributed by atoms with van der Waals surface area (Å²) >= 11 is 0. The smallest absolute Gasteiger partial charge is 0.130 e. The summed E-state index contributed by atoms with van der Waals surface area (Å²) in [6, 6.07) is 2.01. The van der Waals surface area contributed by atoms with Gasteiger partial charge in [-0.15, -0.1) is 5.10 Å². The van der Waals surface area contributed by atoms with E-state index < -0.39 is 0 Å². The number of aliphatic hydroxyl groups is 1. The lowest BCUT2D eigenvalue weighted by Gasteiger charge is -1.97. The first-order valence-electron chi connectivity index (χ1n) is 4.16. The summed E-state index contributed by atoms with van der Waals surface area (Å²) in [5, 5.41) is 24.8. The predicted octanol–water partition coefficient (Wildman–Crippen LogP) is 0.0350. The number of hydrogen-bond donors (Lipinski definition) is 1. The van der Waals surface area contributed by atoms with E-state index in [1.165, 1.54) is 0 Å². The molecular weight excluding hydrogens is 168 g/mol. The van der Waals surface area contributed by atoms with Crippen molar-refractivity contribution in [2.45, 2.75) is 26.3 Å². The van der Waals surface area contributed by atoms with Gasteiger partial charge in [0.2, 0.25) is 0 Å². The highest BCUT2D eigenvalue weighted by molar-refractivity contribution is 5.08. The molecule has 0 unspecified atom stereocenters. The summed E-state index contributed by atoms with van der Waals surface area (Å²) in [5.41, 5.74) is 1.78. The lowest BCUT2D eigenvalue weighted by molar-refractivity contribution is 0.288. The Labute approximate surface area is 76.6 Å². The average molecular weight is 180 g/mol. The number of nitrogens with zero attached hydrogens (tertiary/aromatic N) is 4. The highest BCUT2D eigenvalue weighted by Gasteiger charge is 2.06. The monoisotopic (exact) mass is 180 g/mol. The first-order valence-corrected chi connectivity index (χ1v) is 4.16. The third kappa shape index (κ3) is 2.26. The Morgan fingerprint density at radius 1 is 1.62 bits per heavy atom. The van der Waals surface area contributed by atoms with E-state index in [2.05, 4.69) is 10.3 Å². The zero-order chi connectivity index (χ0) is 9.68. The molecule has 0 bridgehead atoms. The van der Waals surface area contributed by atoms with Crippen molar-refractivity contribution in [3.8, 4) is 6.07 Å². The van der Waals surface area contributed by atoms with Crippen molar-refractivity contribution in [1.82, 2.24) is 15.0 Å². The summed E-state index contributed by atoms with van der Waals surface area (Å²) in [7, 11) is 0. The first kappa shape index (κ1) is 9.68. The zero-order valence-electron chi connectivity index (χ0n) is 7.56. The van der Waals surface area contributed by atoms with E-state index in [9.17, 15) is 0 Å². The number of nitriles is 1. The minimum Gasteiger partial charge on any atom is -0.396 e. The van der Waals surface area contributed by atoms with Crippen LogP contribution in [0.2, 0.25) is 0 Å². The topological polar surface area (TPSA) is 74.7 Å². The fourth-order valence-corrected chi connectivity index (χ4v) is 1.09. The van der Waals surface area contributed by atoms with Crippen molar-refractivity contribution in [2.24, 2.45) is 0 Å². The summed E-state index contributed by atoms with van der Waals surface area (Å²) in [5.74, 6) is 0. The van der Waals surface area contributed by atoms with Crippen LogP contribution in [0.15, 0.2) is 0 Å². The maximum atomic E-state index is 8.62. The lowest BCUT2D eigenvalue weighted by atomic mass is 10.2. The van der Waals surface area contributed by atoms with Crippen LogP contribution in [-0.4, -0.2) is 26.7 Å². The van der Waals surface area contributed by atoms with Gasteiger partial charge in [0.05, 0.1) is 17.5 Å². The molecule has 0 spiro atoms. The quantitative estimate of drug-likeness (QED) is 0.709. The van der Waals surface area contributed by atoms with E-state index in [0.717, 1.165) is 11.4 Å². The molecule has 5 heteroatoms. The van der Waals surface area contributed by atoms with Gasteiger partial charge in [0, 0.05) is 6.61 Å². The van der Waals surface area contributed by atoms with Gasteiger partial charge in [0.1, 0.15) is 6.54 Å². The molecule has 0 aliphatic heterocycles. The third-order valence-corrected chi connectivity index (χ3v) is 1.87. The van der Waals surface area contributed by atoms with Crippen molar-refractivity contribution >= 4 is 0 Å². The van der Waals surface area contributed by atoms with Crippen LogP contribution in [-0.2, 0) is 13.0 Å². The molecule has 0 saturated carbocycles. The van der Waals surface area contributed by atoms with E-state index in [0.29, 0.717) is 12.8 Å². The molecule has 13 heavy (non-hydrogen) atoms. The van der Waals surface area contributed by atoms with Gasteiger partial charge in [-0.05, 0) is 19.8 Å². The predicted molar refractivity (Wildman–Crippen MR) is 45.8 cm³/mol. The van der Waals surface area contributed by atoms with Gasteiger partial charge in [-0.25, -0.2) is 4.68 Å². The van der Waals surface area contributed by atoms with Crippen molar-refractivity contribution in [3.63, 3.8) is 0 Å². The minimum absolute atomic E-state index is 0.157. The van der Waals surface area contributed by atoms with Crippen LogP contribution >= 0.6 is 0 Å². The second-order valence-corrected chi connectivity index (χ2v) is 2.76. The molecule has 0 saturated heterocycles. The summed E-state index contributed by atoms with van der Waals surface area (Å²) in [6.07, 6.45) is 1.40. The molecule has 1 aromatic rings. The molecule has 0 atom stereocenters. The largest absolute Gasteiger partial charge is 0.396 e. The molecule has 1 aromatic heterocycles. The van der Waals surface area contributed by atoms with Crippen LogP contribution in [0, 0.1) is 18.3 Å². The molecular formula is C8H12N4O. The molecule has 0 fully saturated rings. The highest BCUT2D eigenvalue weighted by Crippen LogP contribution is 2.05. The zero-order valence-corrected chi connectivity index (χ0v) is 7.56. The Bertz CT molecular complexity index is 312. The second-order valence-electron chi connectivity index (χ2n) is 2.76. The Hall–Kier alpha value is -1.41. The van der Waals surface area contributed by atoms with Gasteiger partial charge < -0.3 is 5.11 Å². The third-order valence-electron chi connectivity index (χ3n) is 1.87. The molecule has 70 valence electrons. The Morgan fingerprint density at radius 2 is 2.38 bits per heavy atom. The molecule has 1 heterocycles. The number of aromatic nitrogens is 3. The maximum absolute atomic E-state index is 8.62. The molecule has 1 rings (SSSR count). The van der Waals surface area contributed by atoms with Gasteiger partial charge in [-0.1, -0.05) is 5.21 Å². The van der Waals surface area contributed by atoms with Crippen LogP contribution in [0.1, 0.15) is 17.8 Å². The molecule has 0 radical (unpaired) electrons. The van der Waals surface area contributed by atoms with Crippen LogP contribution in [0.4, 0.5) is 0 Å². The van der Waals surface area contributed by atoms with Crippen LogP contribution in [0.25, 0.3) is 0 Å². The molecule has 0 amide bonds. The molecule has 1 N–H and O–H groups in total. The van der Waals surface area contributed by atoms with Crippen LogP contribution < -0.4 is 0 Å². The van der Waals surface area contributed by atoms with Gasteiger partial charge in [0.25, 0.3) is 0 Å². The Balaban J connectivity index is 2.69. The Kier molecular flexibility index (Phi) is 3.41. The highest BCUT2D eigenvalue weighted by atomic mass is 16.2. The molecule has 0 aromatic carbocycles. The SMILES string of the molecule is Cc1c(CCCO)nnn1CC#N. The van der Waals surface area contributed by atoms with Gasteiger partial charge in [0.15, 0.2) is 0 Å². The van der Waals surface area contributed by atoms with E-state index in [4.69, 9.17) is 10.4 Å². The number of rotatable bonds is 4. The summed E-state index contributed by atoms with van der Waals surface area (Å²) < 4.78 is 1.56. The average Bonchev–Trinajstić information content (AvgIpc) is 2.46. The fourth-order valence-electron chi connectivity index (χ4n) is 1.09. The second kappa shape index (κ2) is 4.58. The summed E-state index contributed by atoms with van der Waals surface area (Å²) in [4.78, 5) is 0. The van der Waals surface area contributed by atoms with Crippen LogP contribution in [0.3, 0.4) is 0 Å². The van der Waals surface area contributed by atoms with Crippen molar-refractivity contribution < 1.29 is 5.11 Å². The standard InChI is InChI=1S/C8H12N4O/c1-7-8(3-2-6-13)10-11-12(7)5-4-9/h13H,2-3,5-6H2,1H3. The number of aliphatic hydroxyl groups excluding tert-OH is 1. The van der Waals surface area contributed by atoms with E-state index in [1.807, 2.05) is 13.0 Å². The fraction of sp³-hybridized carbons (Fsp3) is 0.625. The van der Waals surface area contributed by atoms with Crippen molar-refractivity contribution in [2.75, 3.05) is 6.61 Å². The van der Waals surface area contributed by atoms with Crippen molar-refractivity contribution in [1.29, 1.82) is 5.26 Å². The molecule has 5 nitrogen and oxygen atoms in total. The van der Waals surface area contributed by atoms with Gasteiger partial charge in [-0.2, -0.15) is 5.26 Å².